The van der Waals surface area contributed by atoms with Crippen molar-refractivity contribution in [2.75, 3.05) is 6.61 Å². The Hall–Kier alpha value is -2.17. The van der Waals surface area contributed by atoms with Crippen molar-refractivity contribution in [2.45, 2.75) is 65.5 Å². The number of esters is 1. The fraction of sp³-hybridized carbons (Fsp3) is 0.500. The van der Waals surface area contributed by atoms with E-state index in [9.17, 15) is 4.79 Å². The Morgan fingerprint density at radius 1 is 1.09 bits per heavy atom. The molecule has 0 aromatic heterocycles. The molecule has 1 saturated carbocycles. The summed E-state index contributed by atoms with van der Waals surface area (Å²) in [6.45, 7) is 18.3. The van der Waals surface area contributed by atoms with E-state index in [1.165, 1.54) is 10.4 Å². The molecule has 1 saturated heterocycles. The van der Waals surface area contributed by atoms with Gasteiger partial charge in [0.15, 0.2) is 0 Å². The van der Waals surface area contributed by atoms with Crippen molar-refractivity contribution in [2.24, 2.45) is 23.2 Å². The molecule has 182 valence electrons. The summed E-state index contributed by atoms with van der Waals surface area (Å²) in [5.41, 5.74) is 0.488. The van der Waals surface area contributed by atoms with Crippen molar-refractivity contribution in [1.29, 1.82) is 0 Å². The summed E-state index contributed by atoms with van der Waals surface area (Å²) in [7, 11) is -2.67. The van der Waals surface area contributed by atoms with Gasteiger partial charge in [-0.25, -0.2) is 0 Å². The molecule has 2 aliphatic rings. The molecule has 4 rings (SSSR count). The van der Waals surface area contributed by atoms with Gasteiger partial charge in [0.1, 0.15) is 6.10 Å². The molecule has 2 fully saturated rings. The number of hydrogen-bond donors (Lipinski definition) is 0. The molecule has 0 bridgehead atoms. The molecule has 3 nitrogen and oxygen atoms in total. The Kier molecular flexibility index (Phi) is 6.69. The topological polar surface area (TPSA) is 35.5 Å². The Labute approximate surface area is 206 Å². The first-order valence-electron chi connectivity index (χ1n) is 12.7. The summed E-state index contributed by atoms with van der Waals surface area (Å²) in [5, 5.41) is 2.39. The van der Waals surface area contributed by atoms with E-state index in [0.717, 1.165) is 18.4 Å². The van der Waals surface area contributed by atoms with E-state index in [1.807, 2.05) is 0 Å². The number of carbonyl (C=O) groups is 1. The van der Waals surface area contributed by atoms with E-state index < -0.39 is 13.7 Å². The van der Waals surface area contributed by atoms with Crippen molar-refractivity contribution >= 4 is 24.7 Å². The standard InChI is InChI=1S/C30H40O3Si/c1-21(2)25-18-19-30(7)26(25)27(33-28(30)31)22(3)20-32-34(29(4,5)6,23-14-10-8-11-15-23)24-16-12-9-13-17-24/h8-17,21,25-27H,3,18-20H2,1-2,4-7H3/t25-,26+,27+,30+/m0/s1. The third kappa shape index (κ3) is 3.99. The lowest BCUT2D eigenvalue weighted by molar-refractivity contribution is -0.147. The first-order chi connectivity index (χ1) is 16.0. The van der Waals surface area contributed by atoms with Crippen LogP contribution < -0.4 is 10.4 Å². The van der Waals surface area contributed by atoms with Gasteiger partial charge in [-0.3, -0.25) is 4.79 Å². The minimum absolute atomic E-state index is 0.0581. The molecule has 2 aromatic rings. The molecule has 1 aliphatic carbocycles. The Balaban J connectivity index is 1.69. The highest BCUT2D eigenvalue weighted by molar-refractivity contribution is 6.99. The van der Waals surface area contributed by atoms with Crippen LogP contribution in [0.5, 0.6) is 0 Å². The third-order valence-corrected chi connectivity index (χ3v) is 13.4. The van der Waals surface area contributed by atoms with E-state index in [-0.39, 0.29) is 23.0 Å². The Morgan fingerprint density at radius 2 is 1.62 bits per heavy atom. The molecule has 2 aromatic carbocycles. The van der Waals surface area contributed by atoms with Gasteiger partial charge in [-0.2, -0.15) is 0 Å². The monoisotopic (exact) mass is 476 g/mol. The van der Waals surface area contributed by atoms with Gasteiger partial charge in [0.2, 0.25) is 0 Å². The number of rotatable bonds is 7. The van der Waals surface area contributed by atoms with Crippen LogP contribution in [0.3, 0.4) is 0 Å². The Bertz CT molecular complexity index is 985. The minimum Gasteiger partial charge on any atom is -0.457 e. The van der Waals surface area contributed by atoms with E-state index in [2.05, 4.69) is 109 Å². The largest absolute Gasteiger partial charge is 0.457 e. The second-order valence-corrected chi connectivity index (χ2v) is 16.1. The van der Waals surface area contributed by atoms with Gasteiger partial charge in [0.25, 0.3) is 8.32 Å². The summed E-state index contributed by atoms with van der Waals surface area (Å²) in [4.78, 5) is 13.0. The van der Waals surface area contributed by atoms with Crippen molar-refractivity contribution in [1.82, 2.24) is 0 Å². The van der Waals surface area contributed by atoms with Crippen LogP contribution in [0.1, 0.15) is 54.4 Å². The van der Waals surface area contributed by atoms with Gasteiger partial charge < -0.3 is 9.16 Å². The lowest BCUT2D eigenvalue weighted by Gasteiger charge is -2.43. The van der Waals surface area contributed by atoms with Crippen LogP contribution in [0, 0.1) is 23.2 Å². The molecule has 0 unspecified atom stereocenters. The first kappa shape index (κ1) is 24.9. The zero-order valence-electron chi connectivity index (χ0n) is 21.6. The zero-order valence-corrected chi connectivity index (χ0v) is 22.6. The summed E-state index contributed by atoms with van der Waals surface area (Å²) < 4.78 is 13.1. The van der Waals surface area contributed by atoms with E-state index in [4.69, 9.17) is 9.16 Å². The van der Waals surface area contributed by atoms with Crippen LogP contribution in [0.25, 0.3) is 0 Å². The van der Waals surface area contributed by atoms with Gasteiger partial charge in [-0.1, -0.05) is 102 Å². The number of fused-ring (bicyclic) bond motifs is 1. The third-order valence-electron chi connectivity index (χ3n) is 8.37. The fourth-order valence-corrected chi connectivity index (χ4v) is 11.1. The first-order valence-corrected chi connectivity index (χ1v) is 14.6. The normalized spacial score (nSPS) is 27.0. The quantitative estimate of drug-likeness (QED) is 0.291. The van der Waals surface area contributed by atoms with Crippen LogP contribution in [0.4, 0.5) is 0 Å². The van der Waals surface area contributed by atoms with E-state index in [1.54, 1.807) is 0 Å². The second-order valence-electron chi connectivity index (χ2n) is 11.8. The predicted molar refractivity (Wildman–Crippen MR) is 142 cm³/mol. The van der Waals surface area contributed by atoms with E-state index >= 15 is 0 Å². The van der Waals surface area contributed by atoms with Crippen molar-refractivity contribution in [3.63, 3.8) is 0 Å². The zero-order chi connectivity index (χ0) is 24.7. The summed E-state index contributed by atoms with van der Waals surface area (Å²) in [6.07, 6.45) is 1.71. The number of carbonyl (C=O) groups excluding carboxylic acids is 1. The maximum atomic E-state index is 13.0. The lowest BCUT2D eigenvalue weighted by atomic mass is 9.72. The van der Waals surface area contributed by atoms with Gasteiger partial charge in [0, 0.05) is 5.92 Å². The average Bonchev–Trinajstić information content (AvgIpc) is 3.28. The van der Waals surface area contributed by atoms with Gasteiger partial charge in [-0.15, -0.1) is 0 Å². The molecule has 1 aliphatic heterocycles. The van der Waals surface area contributed by atoms with Crippen molar-refractivity contribution < 1.29 is 14.0 Å². The molecule has 0 radical (unpaired) electrons. The van der Waals surface area contributed by atoms with Crippen LogP contribution >= 0.6 is 0 Å². The maximum absolute atomic E-state index is 13.0. The van der Waals surface area contributed by atoms with Crippen LogP contribution in [-0.2, 0) is 14.0 Å². The average molecular weight is 477 g/mol. The van der Waals surface area contributed by atoms with Gasteiger partial charge in [0.05, 0.1) is 12.0 Å². The highest BCUT2D eigenvalue weighted by atomic mass is 28.4. The molecule has 34 heavy (non-hydrogen) atoms. The predicted octanol–water partition coefficient (Wildman–Crippen LogP) is 5.73. The Morgan fingerprint density at radius 3 is 2.09 bits per heavy atom. The van der Waals surface area contributed by atoms with E-state index in [0.29, 0.717) is 18.4 Å². The number of benzene rings is 2. The van der Waals surface area contributed by atoms with Crippen molar-refractivity contribution in [3.8, 4) is 0 Å². The summed E-state index contributed by atoms with van der Waals surface area (Å²) in [6, 6.07) is 21.3. The molecule has 4 heteroatoms. The molecule has 0 spiro atoms. The highest BCUT2D eigenvalue weighted by Gasteiger charge is 2.61. The highest BCUT2D eigenvalue weighted by Crippen LogP contribution is 2.57. The van der Waals surface area contributed by atoms with Crippen LogP contribution in [0.2, 0.25) is 5.04 Å². The fourth-order valence-electron chi connectivity index (χ4n) is 6.54. The lowest BCUT2D eigenvalue weighted by Crippen LogP contribution is -2.66. The van der Waals surface area contributed by atoms with Gasteiger partial charge >= 0.3 is 5.97 Å². The van der Waals surface area contributed by atoms with Crippen LogP contribution in [0.15, 0.2) is 72.8 Å². The second kappa shape index (κ2) is 9.12. The van der Waals surface area contributed by atoms with Crippen molar-refractivity contribution in [3.05, 3.63) is 72.8 Å². The number of hydrogen-bond acceptors (Lipinski definition) is 3. The van der Waals surface area contributed by atoms with Crippen LogP contribution in [-0.4, -0.2) is 27.0 Å². The summed E-state index contributed by atoms with van der Waals surface area (Å²) >= 11 is 0. The van der Waals surface area contributed by atoms with Gasteiger partial charge in [-0.05, 0) is 52.6 Å². The smallest absolute Gasteiger partial charge is 0.312 e. The molecule has 0 amide bonds. The molecule has 4 atom stereocenters. The molecule has 1 heterocycles. The number of ether oxygens (including phenoxy) is 1. The SMILES string of the molecule is C=C(CO[Si](c1ccccc1)(c1ccccc1)C(C)(C)C)[C@H]1OC(=O)[C@]2(C)CC[C@@H](C(C)C)[C@H]12. The maximum Gasteiger partial charge on any atom is 0.312 e. The number of cyclic esters (lactones) is 1. The minimum atomic E-state index is -2.67. The molecular weight excluding hydrogens is 436 g/mol. The molecular formula is C30H40O3Si. The molecule has 0 N–H and O–H groups in total. The summed E-state index contributed by atoms with van der Waals surface area (Å²) in [5.74, 6) is 1.09.